The highest BCUT2D eigenvalue weighted by Gasteiger charge is 2.23. The van der Waals surface area contributed by atoms with Gasteiger partial charge in [-0.2, -0.15) is 14.6 Å². The number of hydrogen-bond acceptors (Lipinski definition) is 5. The van der Waals surface area contributed by atoms with Gasteiger partial charge in [0.1, 0.15) is 5.69 Å². The minimum Gasteiger partial charge on any atom is -0.465 e. The van der Waals surface area contributed by atoms with Crippen molar-refractivity contribution in [1.82, 2.24) is 24.6 Å². The highest BCUT2D eigenvalue weighted by molar-refractivity contribution is 5.90. The van der Waals surface area contributed by atoms with Crippen LogP contribution in [0.1, 0.15) is 12.6 Å². The molecule has 3 aromatic heterocycles. The predicted octanol–water partition coefficient (Wildman–Crippen LogP) is 3.27. The molecule has 148 valence electrons. The Morgan fingerprint density at radius 1 is 1.14 bits per heavy atom. The second-order valence-corrected chi connectivity index (χ2v) is 6.18. The van der Waals surface area contributed by atoms with E-state index in [1.807, 2.05) is 0 Å². The van der Waals surface area contributed by atoms with Crippen molar-refractivity contribution in [2.24, 2.45) is 0 Å². The minimum atomic E-state index is -1.59. The number of nitrogens with one attached hydrogen (secondary N) is 1. The Kier molecular flexibility index (Phi) is 4.53. The number of aromatic nitrogens is 5. The number of fused-ring (bicyclic) bond motifs is 1. The van der Waals surface area contributed by atoms with Crippen molar-refractivity contribution in [2.75, 3.05) is 6.61 Å². The first kappa shape index (κ1) is 18.7. The van der Waals surface area contributed by atoms with Crippen LogP contribution in [-0.4, -0.2) is 31.2 Å². The third-order valence-corrected chi connectivity index (χ3v) is 4.21. The molecule has 29 heavy (non-hydrogen) atoms. The summed E-state index contributed by atoms with van der Waals surface area (Å²) in [5.41, 5.74) is 0.876. The SMILES string of the molecule is CCOc1nc2c(-c3cc(F)c(F)c(F)c3)c(-c3ccc(C)nc3)nn2c(=O)[nH]1. The van der Waals surface area contributed by atoms with Crippen LogP contribution in [0.25, 0.3) is 28.0 Å². The second-order valence-electron chi connectivity index (χ2n) is 6.18. The second kappa shape index (κ2) is 7.04. The first-order valence-corrected chi connectivity index (χ1v) is 8.62. The lowest BCUT2D eigenvalue weighted by Gasteiger charge is -2.06. The third kappa shape index (κ3) is 3.22. The fourth-order valence-electron chi connectivity index (χ4n) is 2.90. The molecule has 0 aliphatic rings. The number of ether oxygens (including phenoxy) is 1. The quantitative estimate of drug-likeness (QED) is 0.531. The number of aromatic amines is 1. The molecule has 1 N–H and O–H groups in total. The van der Waals surface area contributed by atoms with E-state index in [0.29, 0.717) is 5.56 Å². The molecule has 0 amide bonds. The lowest BCUT2D eigenvalue weighted by Crippen LogP contribution is -2.19. The topological polar surface area (TPSA) is 85.2 Å². The van der Waals surface area contributed by atoms with Gasteiger partial charge in [-0.15, -0.1) is 0 Å². The van der Waals surface area contributed by atoms with E-state index in [0.717, 1.165) is 22.3 Å². The first-order chi connectivity index (χ1) is 13.9. The van der Waals surface area contributed by atoms with Crippen molar-refractivity contribution in [3.63, 3.8) is 0 Å². The van der Waals surface area contributed by atoms with Crippen molar-refractivity contribution in [3.8, 4) is 28.4 Å². The van der Waals surface area contributed by atoms with E-state index in [1.54, 1.807) is 26.0 Å². The maximum absolute atomic E-state index is 13.9. The maximum atomic E-state index is 13.9. The molecule has 0 aliphatic heterocycles. The summed E-state index contributed by atoms with van der Waals surface area (Å²) in [6, 6.07) is 4.98. The van der Waals surface area contributed by atoms with E-state index in [1.165, 1.54) is 6.20 Å². The average molecular weight is 401 g/mol. The molecular formula is C19H14F3N5O2. The largest absolute Gasteiger partial charge is 0.465 e. The molecule has 0 radical (unpaired) electrons. The van der Waals surface area contributed by atoms with Crippen molar-refractivity contribution >= 4 is 5.65 Å². The molecule has 0 saturated heterocycles. The molecule has 0 atom stereocenters. The standard InChI is InChI=1S/C19H14F3N5O2/c1-3-29-18-24-17-14(11-6-12(20)15(22)13(21)7-11)16(26-27(17)19(28)25-18)10-5-4-9(2)23-8-10/h4-8H,3H2,1-2H3,(H,24,25,28). The van der Waals surface area contributed by atoms with Crippen LogP contribution in [0, 0.1) is 24.4 Å². The molecule has 1 aromatic carbocycles. The van der Waals surface area contributed by atoms with E-state index in [2.05, 4.69) is 20.1 Å². The molecule has 3 heterocycles. The number of nitrogens with zero attached hydrogens (tertiary/aromatic N) is 4. The molecule has 0 bridgehead atoms. The number of rotatable bonds is 4. The molecule has 0 fully saturated rings. The first-order valence-electron chi connectivity index (χ1n) is 8.62. The van der Waals surface area contributed by atoms with Crippen molar-refractivity contribution < 1.29 is 17.9 Å². The Hall–Kier alpha value is -3.69. The van der Waals surface area contributed by atoms with Gasteiger partial charge < -0.3 is 4.74 Å². The zero-order chi connectivity index (χ0) is 20.7. The van der Waals surface area contributed by atoms with Crippen molar-refractivity contribution in [3.05, 3.63) is 64.1 Å². The van der Waals surface area contributed by atoms with Gasteiger partial charge in [-0.1, -0.05) is 0 Å². The van der Waals surface area contributed by atoms with Crippen LogP contribution in [0.3, 0.4) is 0 Å². The highest BCUT2D eigenvalue weighted by Crippen LogP contribution is 2.35. The Morgan fingerprint density at radius 2 is 1.86 bits per heavy atom. The van der Waals surface area contributed by atoms with Crippen LogP contribution < -0.4 is 10.4 Å². The number of hydrogen-bond donors (Lipinski definition) is 1. The summed E-state index contributed by atoms with van der Waals surface area (Å²) >= 11 is 0. The zero-order valence-electron chi connectivity index (χ0n) is 15.3. The van der Waals surface area contributed by atoms with Crippen molar-refractivity contribution in [1.29, 1.82) is 0 Å². The lowest BCUT2D eigenvalue weighted by atomic mass is 10.0. The van der Waals surface area contributed by atoms with E-state index < -0.39 is 23.1 Å². The van der Waals surface area contributed by atoms with Gasteiger partial charge in [0.25, 0.3) is 6.01 Å². The number of pyridine rings is 1. The van der Waals surface area contributed by atoms with Crippen LogP contribution in [0.15, 0.2) is 35.3 Å². The van der Waals surface area contributed by atoms with E-state index >= 15 is 0 Å². The summed E-state index contributed by atoms with van der Waals surface area (Å²) in [5.74, 6) is -4.34. The third-order valence-electron chi connectivity index (χ3n) is 4.21. The number of benzene rings is 1. The van der Waals surface area contributed by atoms with Crippen LogP contribution in [-0.2, 0) is 0 Å². The molecule has 4 rings (SSSR count). The summed E-state index contributed by atoms with van der Waals surface area (Å²) in [4.78, 5) is 23.3. The van der Waals surface area contributed by atoms with Crippen LogP contribution in [0.4, 0.5) is 13.2 Å². The van der Waals surface area contributed by atoms with E-state index in [9.17, 15) is 18.0 Å². The van der Waals surface area contributed by atoms with Gasteiger partial charge in [0.15, 0.2) is 23.1 Å². The van der Waals surface area contributed by atoms with Crippen LogP contribution >= 0.6 is 0 Å². The number of H-pyrrole nitrogens is 1. The van der Waals surface area contributed by atoms with E-state index in [-0.39, 0.29) is 35.1 Å². The summed E-state index contributed by atoms with van der Waals surface area (Å²) in [5, 5.41) is 4.25. The summed E-state index contributed by atoms with van der Waals surface area (Å²) in [6.07, 6.45) is 1.51. The summed E-state index contributed by atoms with van der Waals surface area (Å²) in [7, 11) is 0. The van der Waals surface area contributed by atoms with Gasteiger partial charge >= 0.3 is 5.69 Å². The maximum Gasteiger partial charge on any atom is 0.352 e. The molecule has 0 saturated carbocycles. The zero-order valence-corrected chi connectivity index (χ0v) is 15.3. The molecule has 4 aromatic rings. The van der Waals surface area contributed by atoms with Gasteiger partial charge in [0.05, 0.1) is 12.2 Å². The number of aryl methyl sites for hydroxylation is 1. The highest BCUT2D eigenvalue weighted by atomic mass is 19.2. The van der Waals surface area contributed by atoms with Crippen LogP contribution in [0.5, 0.6) is 6.01 Å². The molecule has 7 nitrogen and oxygen atoms in total. The Balaban J connectivity index is 2.09. The number of halogens is 3. The van der Waals surface area contributed by atoms with E-state index in [4.69, 9.17) is 4.74 Å². The summed E-state index contributed by atoms with van der Waals surface area (Å²) < 4.78 is 47.6. The smallest absolute Gasteiger partial charge is 0.352 e. The molecule has 0 aliphatic carbocycles. The fourth-order valence-corrected chi connectivity index (χ4v) is 2.90. The van der Waals surface area contributed by atoms with Gasteiger partial charge in [-0.05, 0) is 43.7 Å². The van der Waals surface area contributed by atoms with Gasteiger partial charge in [0, 0.05) is 17.5 Å². The molecule has 10 heteroatoms. The normalized spacial score (nSPS) is 11.2. The molecule has 0 unspecified atom stereocenters. The van der Waals surface area contributed by atoms with Gasteiger partial charge in [-0.3, -0.25) is 9.97 Å². The molecular weight excluding hydrogens is 387 g/mol. The predicted molar refractivity (Wildman–Crippen MR) is 98.1 cm³/mol. The molecule has 0 spiro atoms. The Morgan fingerprint density at radius 3 is 2.48 bits per heavy atom. The van der Waals surface area contributed by atoms with Gasteiger partial charge in [0.2, 0.25) is 0 Å². The Labute approximate surface area is 161 Å². The van der Waals surface area contributed by atoms with Crippen LogP contribution in [0.2, 0.25) is 0 Å². The van der Waals surface area contributed by atoms with Crippen molar-refractivity contribution in [2.45, 2.75) is 13.8 Å². The average Bonchev–Trinajstić information content (AvgIpc) is 3.06. The van der Waals surface area contributed by atoms with Gasteiger partial charge in [-0.25, -0.2) is 18.0 Å². The summed E-state index contributed by atoms with van der Waals surface area (Å²) in [6.45, 7) is 3.73. The minimum absolute atomic E-state index is 0.00168. The Bertz CT molecular complexity index is 1260. The monoisotopic (exact) mass is 401 g/mol. The lowest BCUT2D eigenvalue weighted by molar-refractivity contribution is 0.310. The fraction of sp³-hybridized carbons (Fsp3) is 0.158.